The van der Waals surface area contributed by atoms with Crippen LogP contribution < -0.4 is 0 Å². The van der Waals surface area contributed by atoms with Crippen LogP contribution in [0.4, 0.5) is 0 Å². The van der Waals surface area contributed by atoms with Crippen LogP contribution >= 0.6 is 9.24 Å². The second-order valence-corrected chi connectivity index (χ2v) is 9.20. The van der Waals surface area contributed by atoms with E-state index in [1.807, 2.05) is 27.7 Å². The Morgan fingerprint density at radius 3 is 1.38 bits per heavy atom. The maximum absolute atomic E-state index is 6.08. The topological polar surface area (TPSA) is 36.9 Å². The third kappa shape index (κ3) is 19.0. The maximum atomic E-state index is 6.08. The molecule has 0 spiro atoms. The summed E-state index contributed by atoms with van der Waals surface area (Å²) in [7, 11) is 2.72. The second kappa shape index (κ2) is 16.2. The maximum Gasteiger partial charge on any atom is 0.0859 e. The minimum Gasteiger partial charge on any atom is -0.376 e. The molecule has 0 N–H and O–H groups in total. The van der Waals surface area contributed by atoms with E-state index in [0.717, 1.165) is 38.9 Å². The molecule has 0 aliphatic carbocycles. The van der Waals surface area contributed by atoms with Gasteiger partial charge in [-0.25, -0.2) is 0 Å². The largest absolute Gasteiger partial charge is 0.376 e. The molecule has 0 heterocycles. The molecular weight excluding hydrogens is 347 g/mol. The van der Waals surface area contributed by atoms with Crippen LogP contribution in [0.5, 0.6) is 0 Å². The van der Waals surface area contributed by atoms with Crippen LogP contribution in [-0.4, -0.2) is 49.6 Å². The summed E-state index contributed by atoms with van der Waals surface area (Å²) in [5, 5.41) is -0.204. The van der Waals surface area contributed by atoms with Crippen LogP contribution in [0, 0.1) is 0 Å². The quantitative estimate of drug-likeness (QED) is 0.348. The highest BCUT2D eigenvalue weighted by Crippen LogP contribution is 2.21. The third-order valence-electron chi connectivity index (χ3n) is 3.30. The van der Waals surface area contributed by atoms with Gasteiger partial charge in [0.15, 0.2) is 0 Å². The summed E-state index contributed by atoms with van der Waals surface area (Å²) >= 11 is 0. The van der Waals surface area contributed by atoms with Gasteiger partial charge >= 0.3 is 0 Å². The molecule has 0 aliphatic heterocycles. The Morgan fingerprint density at radius 2 is 1.08 bits per heavy atom. The van der Waals surface area contributed by atoms with Crippen molar-refractivity contribution in [2.45, 2.75) is 111 Å². The summed E-state index contributed by atoms with van der Waals surface area (Å²) in [5.74, 6) is 0. The fraction of sp³-hybridized carbons (Fsp3) is 1.00. The number of hydrogen-bond donors (Lipinski definition) is 0. The van der Waals surface area contributed by atoms with Crippen molar-refractivity contribution in [3.05, 3.63) is 0 Å². The Hall–Kier alpha value is 0.270. The highest BCUT2D eigenvalue weighted by atomic mass is 31.0. The van der Waals surface area contributed by atoms with E-state index in [-0.39, 0.29) is 23.2 Å². The highest BCUT2D eigenvalue weighted by Gasteiger charge is 2.24. The molecule has 3 atom stereocenters. The monoisotopic (exact) mass is 394 g/mol. The molecule has 0 rings (SSSR count). The Morgan fingerprint density at radius 1 is 0.692 bits per heavy atom. The molecule has 0 fully saturated rings. The van der Waals surface area contributed by atoms with Gasteiger partial charge in [-0.3, -0.25) is 0 Å². The first-order valence-corrected chi connectivity index (χ1v) is 11.0. The van der Waals surface area contributed by atoms with Crippen molar-refractivity contribution in [2.75, 3.05) is 26.4 Å². The molecule has 0 saturated heterocycles. The number of hydrogen-bond acceptors (Lipinski definition) is 4. The molecule has 0 aliphatic rings. The van der Waals surface area contributed by atoms with Crippen LogP contribution in [-0.2, 0) is 18.9 Å². The lowest BCUT2D eigenvalue weighted by molar-refractivity contribution is -0.105. The van der Waals surface area contributed by atoms with Crippen molar-refractivity contribution in [2.24, 2.45) is 0 Å². The summed E-state index contributed by atoms with van der Waals surface area (Å²) < 4.78 is 23.9. The predicted molar refractivity (Wildman–Crippen MR) is 116 cm³/mol. The van der Waals surface area contributed by atoms with Crippen molar-refractivity contribution >= 4 is 9.24 Å². The Bertz CT molecular complexity index is 267. The Kier molecular flexibility index (Phi) is 17.8. The van der Waals surface area contributed by atoms with Gasteiger partial charge < -0.3 is 18.9 Å². The molecule has 0 saturated carbocycles. The molecule has 3 unspecified atom stereocenters. The van der Waals surface area contributed by atoms with Gasteiger partial charge in [0.25, 0.3) is 0 Å². The molecule has 160 valence electrons. The molecular formula is C21H47O4P. The Labute approximate surface area is 166 Å². The van der Waals surface area contributed by atoms with E-state index in [9.17, 15) is 0 Å². The van der Waals surface area contributed by atoms with Crippen molar-refractivity contribution in [1.29, 1.82) is 0 Å². The van der Waals surface area contributed by atoms with Gasteiger partial charge in [0, 0.05) is 19.8 Å². The molecule has 0 aromatic heterocycles. The Balaban J connectivity index is 0. The summed E-state index contributed by atoms with van der Waals surface area (Å²) in [6.07, 6.45) is 3.79. The second-order valence-electron chi connectivity index (χ2n) is 7.81. The summed E-state index contributed by atoms with van der Waals surface area (Å²) in [5.41, 5.74) is -0.123. The van der Waals surface area contributed by atoms with Crippen LogP contribution in [0.3, 0.4) is 0 Å². The molecule has 0 amide bonds. The van der Waals surface area contributed by atoms with Gasteiger partial charge in [-0.05, 0) is 60.3 Å². The minimum absolute atomic E-state index is 0.0485. The van der Waals surface area contributed by atoms with E-state index in [1.54, 1.807) is 0 Å². The fourth-order valence-electron chi connectivity index (χ4n) is 2.21. The van der Waals surface area contributed by atoms with E-state index in [2.05, 4.69) is 43.9 Å². The minimum atomic E-state index is -0.204. The summed E-state index contributed by atoms with van der Waals surface area (Å²) in [4.78, 5) is 0. The molecule has 4 nitrogen and oxygen atoms in total. The normalized spacial score (nSPS) is 14.5. The predicted octanol–water partition coefficient (Wildman–Crippen LogP) is 5.83. The van der Waals surface area contributed by atoms with E-state index >= 15 is 0 Å². The third-order valence-corrected chi connectivity index (χ3v) is 3.47. The number of rotatable bonds is 14. The van der Waals surface area contributed by atoms with Crippen LogP contribution in [0.15, 0.2) is 0 Å². The lowest BCUT2D eigenvalue weighted by atomic mass is 10.1. The van der Waals surface area contributed by atoms with Crippen molar-refractivity contribution < 1.29 is 18.9 Å². The lowest BCUT2D eigenvalue weighted by Gasteiger charge is -2.30. The van der Waals surface area contributed by atoms with E-state index in [4.69, 9.17) is 18.9 Å². The molecule has 0 radical (unpaired) electrons. The molecule has 0 aromatic rings. The molecule has 5 heteroatoms. The number of ether oxygens (including phenoxy) is 4. The van der Waals surface area contributed by atoms with Gasteiger partial charge in [-0.1, -0.05) is 27.7 Å². The van der Waals surface area contributed by atoms with Gasteiger partial charge in [0.05, 0.1) is 29.8 Å². The first-order chi connectivity index (χ1) is 12.1. The lowest BCUT2D eigenvalue weighted by Crippen LogP contribution is -2.36. The SMILES string of the molecule is CC.CCCOC(CCOC(C)(C)C)C(CCOC(C)(C)P)OCCC. The average Bonchev–Trinajstić information content (AvgIpc) is 2.54. The standard InChI is InChI=1S/C19H41O4P.C2H6/c1-8-12-20-16(10-14-22-18(3,4)5)17(21-13-9-2)11-15-23-19(6,7)24;1-2/h16-17H,8-15,24H2,1-7H3;1-2H3. The smallest absolute Gasteiger partial charge is 0.0859 e. The molecule has 0 aromatic carbocycles. The fourth-order valence-corrected chi connectivity index (χ4v) is 2.33. The van der Waals surface area contributed by atoms with Crippen LogP contribution in [0.25, 0.3) is 0 Å². The van der Waals surface area contributed by atoms with Gasteiger partial charge in [0.1, 0.15) is 0 Å². The first kappa shape index (κ1) is 28.5. The van der Waals surface area contributed by atoms with E-state index in [1.165, 1.54) is 0 Å². The summed E-state index contributed by atoms with van der Waals surface area (Å²) in [6.45, 7) is 21.4. The zero-order valence-electron chi connectivity index (χ0n) is 19.0. The highest BCUT2D eigenvalue weighted by molar-refractivity contribution is 7.18. The van der Waals surface area contributed by atoms with Gasteiger partial charge in [-0.15, -0.1) is 9.24 Å². The van der Waals surface area contributed by atoms with E-state index < -0.39 is 0 Å². The van der Waals surface area contributed by atoms with Crippen LogP contribution in [0.1, 0.15) is 88.0 Å². The molecule has 0 bridgehead atoms. The van der Waals surface area contributed by atoms with E-state index in [0.29, 0.717) is 13.2 Å². The first-order valence-electron chi connectivity index (χ1n) is 10.4. The van der Waals surface area contributed by atoms with Crippen LogP contribution in [0.2, 0.25) is 0 Å². The zero-order valence-corrected chi connectivity index (χ0v) is 20.2. The van der Waals surface area contributed by atoms with Crippen molar-refractivity contribution in [3.8, 4) is 0 Å². The summed E-state index contributed by atoms with van der Waals surface area (Å²) in [6, 6.07) is 0. The zero-order chi connectivity index (χ0) is 20.6. The van der Waals surface area contributed by atoms with Gasteiger partial charge in [0.2, 0.25) is 0 Å². The van der Waals surface area contributed by atoms with Crippen molar-refractivity contribution in [3.63, 3.8) is 0 Å². The molecule has 26 heavy (non-hydrogen) atoms. The van der Waals surface area contributed by atoms with Gasteiger partial charge in [-0.2, -0.15) is 0 Å². The van der Waals surface area contributed by atoms with Crippen molar-refractivity contribution in [1.82, 2.24) is 0 Å². The average molecular weight is 395 g/mol.